The summed E-state index contributed by atoms with van der Waals surface area (Å²) < 4.78 is 19.4. The number of urea groups is 1. The number of ether oxygens (including phenoxy) is 1. The summed E-state index contributed by atoms with van der Waals surface area (Å²) >= 11 is 6.04. The molecule has 230 valence electrons. The standard InChI is InChI=1S/C31H33ClFN7O4/c1-19-36-25-12-13-40(17-26(25)37-19)28(41)11-10-23(39(2)30(42)35-16-22-8-5-9-24(33)29(22)32)18-44-31(43)38-27-14-20-6-3-4-7-21(20)15-34-27/h3-9,14-15,23H,10-13,16-18H2,1-2H3,(H,35,42)(H,36,37)(H,34,38,43). The van der Waals surface area contributed by atoms with Crippen LogP contribution in [-0.2, 0) is 29.0 Å². The van der Waals surface area contributed by atoms with Crippen LogP contribution in [0.15, 0.2) is 54.7 Å². The number of imidazole rings is 1. The fourth-order valence-corrected chi connectivity index (χ4v) is 5.29. The molecular weight excluding hydrogens is 589 g/mol. The first-order valence-electron chi connectivity index (χ1n) is 14.2. The second kappa shape index (κ2) is 13.7. The highest BCUT2D eigenvalue weighted by Gasteiger charge is 2.27. The summed E-state index contributed by atoms with van der Waals surface area (Å²) in [5.74, 6) is 0.451. The molecule has 4 amide bonds. The van der Waals surface area contributed by atoms with E-state index in [1.807, 2.05) is 31.2 Å². The Morgan fingerprint density at radius 2 is 1.98 bits per heavy atom. The fraction of sp³-hybridized carbons (Fsp3) is 0.323. The molecule has 2 aromatic carbocycles. The van der Waals surface area contributed by atoms with Crippen LogP contribution in [0.1, 0.15) is 35.6 Å². The lowest BCUT2D eigenvalue weighted by atomic mass is 10.1. The zero-order chi connectivity index (χ0) is 31.2. The number of pyridine rings is 1. The predicted molar refractivity (Wildman–Crippen MR) is 164 cm³/mol. The molecule has 0 saturated heterocycles. The van der Waals surface area contributed by atoms with Gasteiger partial charge < -0.3 is 24.8 Å². The first kappa shape index (κ1) is 30.7. The third kappa shape index (κ3) is 7.43. The maximum atomic E-state index is 13.9. The van der Waals surface area contributed by atoms with Crippen LogP contribution in [-0.4, -0.2) is 69.0 Å². The number of anilines is 1. The Balaban J connectivity index is 1.22. The Morgan fingerprint density at radius 3 is 2.80 bits per heavy atom. The number of halogens is 2. The molecule has 0 fully saturated rings. The van der Waals surface area contributed by atoms with E-state index in [0.29, 0.717) is 30.9 Å². The molecular formula is C31H33ClFN7O4. The van der Waals surface area contributed by atoms with Crippen molar-refractivity contribution in [3.05, 3.63) is 88.3 Å². The van der Waals surface area contributed by atoms with Crippen LogP contribution in [0.3, 0.4) is 0 Å². The second-order valence-electron chi connectivity index (χ2n) is 10.6. The molecule has 5 rings (SSSR count). The third-order valence-corrected chi connectivity index (χ3v) is 8.02. The average molecular weight is 622 g/mol. The van der Waals surface area contributed by atoms with E-state index in [1.54, 1.807) is 30.3 Å². The topological polar surface area (TPSA) is 133 Å². The number of nitrogens with one attached hydrogen (secondary N) is 3. The Kier molecular flexibility index (Phi) is 9.59. The van der Waals surface area contributed by atoms with Gasteiger partial charge in [-0.25, -0.2) is 23.9 Å². The van der Waals surface area contributed by atoms with Crippen LogP contribution in [0, 0.1) is 12.7 Å². The molecule has 4 aromatic rings. The Hall–Kier alpha value is -4.71. The lowest BCUT2D eigenvalue weighted by Crippen LogP contribution is -2.46. The van der Waals surface area contributed by atoms with Crippen molar-refractivity contribution >= 4 is 46.2 Å². The molecule has 0 saturated carbocycles. The van der Waals surface area contributed by atoms with Gasteiger partial charge in [0.25, 0.3) is 0 Å². The molecule has 1 atom stereocenters. The number of carbonyl (C=O) groups is 3. The summed E-state index contributed by atoms with van der Waals surface area (Å²) in [4.78, 5) is 54.0. The number of benzene rings is 2. The van der Waals surface area contributed by atoms with Gasteiger partial charge in [-0.15, -0.1) is 0 Å². The summed E-state index contributed by atoms with van der Waals surface area (Å²) in [6, 6.07) is 12.5. The minimum atomic E-state index is -0.748. The first-order chi connectivity index (χ1) is 21.2. The third-order valence-electron chi connectivity index (χ3n) is 7.60. The summed E-state index contributed by atoms with van der Waals surface area (Å²) in [5.41, 5.74) is 2.31. The summed E-state index contributed by atoms with van der Waals surface area (Å²) in [6.07, 6.45) is 1.93. The van der Waals surface area contributed by atoms with Crippen LogP contribution in [0.4, 0.5) is 19.8 Å². The molecule has 44 heavy (non-hydrogen) atoms. The van der Waals surface area contributed by atoms with Crippen LogP contribution in [0.25, 0.3) is 10.8 Å². The quantitative estimate of drug-likeness (QED) is 0.236. The SMILES string of the molecule is Cc1nc2c([nH]1)CCN(C(=O)CCC(COC(=O)Nc1cc3ccccc3cn1)N(C)C(=O)NCc1cccc(F)c1Cl)C2. The van der Waals surface area contributed by atoms with Crippen LogP contribution >= 0.6 is 11.6 Å². The van der Waals surface area contributed by atoms with E-state index in [1.165, 1.54) is 17.0 Å². The highest BCUT2D eigenvalue weighted by Crippen LogP contribution is 2.21. The predicted octanol–water partition coefficient (Wildman–Crippen LogP) is 5.18. The number of carbonyl (C=O) groups excluding carboxylic acids is 3. The molecule has 3 heterocycles. The minimum absolute atomic E-state index is 0.0143. The van der Waals surface area contributed by atoms with Crippen LogP contribution < -0.4 is 10.6 Å². The van der Waals surface area contributed by atoms with Gasteiger partial charge in [-0.05, 0) is 36.4 Å². The van der Waals surface area contributed by atoms with Gasteiger partial charge in [-0.3, -0.25) is 10.1 Å². The van der Waals surface area contributed by atoms with Crippen molar-refractivity contribution in [2.24, 2.45) is 0 Å². The van der Waals surface area contributed by atoms with Gasteiger partial charge in [0, 0.05) is 50.3 Å². The van der Waals surface area contributed by atoms with E-state index in [9.17, 15) is 18.8 Å². The molecule has 0 bridgehead atoms. The number of amides is 4. The van der Waals surface area contributed by atoms with Crippen molar-refractivity contribution in [2.45, 2.75) is 45.3 Å². The molecule has 2 aromatic heterocycles. The van der Waals surface area contributed by atoms with Crippen molar-refractivity contribution in [3.63, 3.8) is 0 Å². The first-order valence-corrected chi connectivity index (χ1v) is 14.6. The fourth-order valence-electron chi connectivity index (χ4n) is 5.09. The number of likely N-dealkylation sites (N-methyl/N-ethyl adjacent to an activating group) is 1. The van der Waals surface area contributed by atoms with Gasteiger partial charge in [0.05, 0.1) is 23.3 Å². The number of aromatic nitrogens is 3. The van der Waals surface area contributed by atoms with E-state index >= 15 is 0 Å². The lowest BCUT2D eigenvalue weighted by Gasteiger charge is -2.30. The van der Waals surface area contributed by atoms with E-state index in [-0.39, 0.29) is 36.9 Å². The average Bonchev–Trinajstić information content (AvgIpc) is 3.40. The largest absolute Gasteiger partial charge is 0.447 e. The highest BCUT2D eigenvalue weighted by molar-refractivity contribution is 6.31. The monoisotopic (exact) mass is 621 g/mol. The number of fused-ring (bicyclic) bond motifs is 2. The summed E-state index contributed by atoms with van der Waals surface area (Å²) in [6.45, 7) is 2.65. The van der Waals surface area contributed by atoms with Crippen molar-refractivity contribution in [1.29, 1.82) is 0 Å². The molecule has 0 radical (unpaired) electrons. The highest BCUT2D eigenvalue weighted by atomic mass is 35.5. The molecule has 1 aliphatic rings. The maximum absolute atomic E-state index is 13.9. The van der Waals surface area contributed by atoms with Crippen molar-refractivity contribution in [2.75, 3.05) is 25.5 Å². The molecule has 0 spiro atoms. The van der Waals surface area contributed by atoms with Gasteiger partial charge in [-0.2, -0.15) is 0 Å². The van der Waals surface area contributed by atoms with Gasteiger partial charge in [0.2, 0.25) is 5.91 Å². The number of hydrogen-bond acceptors (Lipinski definition) is 6. The van der Waals surface area contributed by atoms with Gasteiger partial charge in [-0.1, -0.05) is 48.0 Å². The minimum Gasteiger partial charge on any atom is -0.447 e. The van der Waals surface area contributed by atoms with Crippen LogP contribution in [0.5, 0.6) is 0 Å². The number of rotatable bonds is 9. The summed E-state index contributed by atoms with van der Waals surface area (Å²) in [7, 11) is 1.55. The normalized spacial score (nSPS) is 13.2. The van der Waals surface area contributed by atoms with Gasteiger partial charge >= 0.3 is 12.1 Å². The molecule has 13 heteroatoms. The zero-order valence-electron chi connectivity index (χ0n) is 24.4. The Bertz CT molecular complexity index is 1680. The number of aryl methyl sites for hydroxylation is 1. The lowest BCUT2D eigenvalue weighted by molar-refractivity contribution is -0.132. The maximum Gasteiger partial charge on any atom is 0.412 e. The number of nitrogens with zero attached hydrogens (tertiary/aromatic N) is 4. The van der Waals surface area contributed by atoms with E-state index in [2.05, 4.69) is 25.6 Å². The molecule has 3 N–H and O–H groups in total. The van der Waals surface area contributed by atoms with E-state index in [0.717, 1.165) is 28.0 Å². The van der Waals surface area contributed by atoms with Crippen molar-refractivity contribution in [1.82, 2.24) is 30.1 Å². The zero-order valence-corrected chi connectivity index (χ0v) is 25.2. The molecule has 11 nitrogen and oxygen atoms in total. The Labute approximate surface area is 258 Å². The van der Waals surface area contributed by atoms with Gasteiger partial charge in [0.15, 0.2) is 0 Å². The molecule has 0 aliphatic carbocycles. The van der Waals surface area contributed by atoms with E-state index < -0.39 is 24.0 Å². The number of aromatic amines is 1. The van der Waals surface area contributed by atoms with Crippen molar-refractivity contribution in [3.8, 4) is 0 Å². The van der Waals surface area contributed by atoms with Gasteiger partial charge in [0.1, 0.15) is 24.1 Å². The Morgan fingerprint density at radius 1 is 1.18 bits per heavy atom. The van der Waals surface area contributed by atoms with Crippen molar-refractivity contribution < 1.29 is 23.5 Å². The van der Waals surface area contributed by atoms with Crippen LogP contribution in [0.2, 0.25) is 5.02 Å². The molecule has 1 aliphatic heterocycles. The number of H-pyrrole nitrogens is 1. The number of hydrogen-bond donors (Lipinski definition) is 3. The summed E-state index contributed by atoms with van der Waals surface area (Å²) in [5, 5.41) is 7.09. The smallest absolute Gasteiger partial charge is 0.412 e. The van der Waals surface area contributed by atoms with E-state index in [4.69, 9.17) is 16.3 Å². The molecule has 1 unspecified atom stereocenters. The second-order valence-corrected chi connectivity index (χ2v) is 11.0.